The number of carbonyl (C=O) groups excluding carboxylic acids is 3. The van der Waals surface area contributed by atoms with Crippen molar-refractivity contribution in [3.05, 3.63) is 99.3 Å². The number of halogens is 2. The molecule has 34 heavy (non-hydrogen) atoms. The molecule has 3 aromatic rings. The number of nitrogens with zero attached hydrogens (tertiary/aromatic N) is 1. The minimum Gasteiger partial charge on any atom is -0.487 e. The minimum absolute atomic E-state index is 0.189. The molecular formula is C26H20ClFN2O4. The number of ether oxygens (including phenoxy) is 1. The Bertz CT molecular complexity index is 1340. The third-order valence-corrected chi connectivity index (χ3v) is 5.56. The van der Waals surface area contributed by atoms with E-state index in [-0.39, 0.29) is 23.0 Å². The molecule has 172 valence electrons. The summed E-state index contributed by atoms with van der Waals surface area (Å²) in [5.74, 6) is -1.46. The van der Waals surface area contributed by atoms with Crippen molar-refractivity contribution in [2.45, 2.75) is 20.5 Å². The van der Waals surface area contributed by atoms with Crippen LogP contribution in [-0.2, 0) is 16.2 Å². The lowest BCUT2D eigenvalue weighted by Gasteiger charge is -2.27. The highest BCUT2D eigenvalue weighted by atomic mass is 35.5. The standard InChI is InChI=1S/C26H20ClFN2O4/c1-15-3-9-22(16(2)11-15)30-25(32)20(24(31)29-26(30)33)12-18-6-10-23(21(27)13-18)34-14-17-4-7-19(28)8-5-17/h3-13H,14H2,1-2H3,(H,29,31,33)/b20-12+. The van der Waals surface area contributed by atoms with Crippen LogP contribution in [0, 0.1) is 19.7 Å². The van der Waals surface area contributed by atoms with Gasteiger partial charge in [-0.1, -0.05) is 47.5 Å². The topological polar surface area (TPSA) is 75.7 Å². The van der Waals surface area contributed by atoms with E-state index in [0.29, 0.717) is 17.0 Å². The van der Waals surface area contributed by atoms with Gasteiger partial charge in [0.25, 0.3) is 11.8 Å². The van der Waals surface area contributed by atoms with Crippen LogP contribution in [0.25, 0.3) is 6.08 Å². The lowest BCUT2D eigenvalue weighted by atomic mass is 10.0. The number of urea groups is 1. The Morgan fingerprint density at radius 2 is 1.74 bits per heavy atom. The van der Waals surface area contributed by atoms with E-state index in [4.69, 9.17) is 16.3 Å². The quantitative estimate of drug-likeness (QED) is 0.396. The summed E-state index contributed by atoms with van der Waals surface area (Å²) in [5.41, 5.74) is 3.15. The second kappa shape index (κ2) is 9.49. The van der Waals surface area contributed by atoms with Crippen molar-refractivity contribution >= 4 is 41.2 Å². The smallest absolute Gasteiger partial charge is 0.335 e. The van der Waals surface area contributed by atoms with Crippen molar-refractivity contribution in [3.8, 4) is 5.75 Å². The van der Waals surface area contributed by atoms with Crippen LogP contribution in [0.15, 0.2) is 66.2 Å². The summed E-state index contributed by atoms with van der Waals surface area (Å²) in [6, 6.07) is 15.2. The summed E-state index contributed by atoms with van der Waals surface area (Å²) < 4.78 is 18.7. The number of carbonyl (C=O) groups is 3. The highest BCUT2D eigenvalue weighted by Gasteiger charge is 2.37. The average molecular weight is 479 g/mol. The van der Waals surface area contributed by atoms with E-state index >= 15 is 0 Å². The first-order valence-corrected chi connectivity index (χ1v) is 10.8. The first kappa shape index (κ1) is 23.2. The molecular weight excluding hydrogens is 459 g/mol. The lowest BCUT2D eigenvalue weighted by molar-refractivity contribution is -0.122. The van der Waals surface area contributed by atoms with Gasteiger partial charge in [0.1, 0.15) is 23.7 Å². The summed E-state index contributed by atoms with van der Waals surface area (Å²) in [5, 5.41) is 2.48. The molecule has 0 aromatic heterocycles. The predicted octanol–water partition coefficient (Wildman–Crippen LogP) is 5.34. The van der Waals surface area contributed by atoms with Gasteiger partial charge in [0, 0.05) is 0 Å². The summed E-state index contributed by atoms with van der Waals surface area (Å²) in [7, 11) is 0. The van der Waals surface area contributed by atoms with E-state index < -0.39 is 17.8 Å². The molecule has 1 aliphatic heterocycles. The number of hydrogen-bond acceptors (Lipinski definition) is 4. The molecule has 6 nitrogen and oxygen atoms in total. The van der Waals surface area contributed by atoms with Crippen LogP contribution in [0.4, 0.5) is 14.9 Å². The zero-order valence-corrected chi connectivity index (χ0v) is 19.2. The van der Waals surface area contributed by atoms with Crippen molar-refractivity contribution in [2.24, 2.45) is 0 Å². The van der Waals surface area contributed by atoms with E-state index in [1.54, 1.807) is 49.4 Å². The number of barbiturate groups is 1. The van der Waals surface area contributed by atoms with Crippen LogP contribution in [-0.4, -0.2) is 17.8 Å². The van der Waals surface area contributed by atoms with Crippen molar-refractivity contribution in [2.75, 3.05) is 4.90 Å². The van der Waals surface area contributed by atoms with Gasteiger partial charge < -0.3 is 4.74 Å². The Kier molecular flexibility index (Phi) is 6.47. The molecule has 0 saturated carbocycles. The third-order valence-electron chi connectivity index (χ3n) is 5.27. The number of imide groups is 2. The second-order valence-corrected chi connectivity index (χ2v) is 8.26. The van der Waals surface area contributed by atoms with Crippen molar-refractivity contribution in [1.29, 1.82) is 0 Å². The molecule has 1 aliphatic rings. The maximum absolute atomic E-state index is 13.1. The van der Waals surface area contributed by atoms with Gasteiger partial charge in [-0.05, 0) is 66.9 Å². The van der Waals surface area contributed by atoms with Gasteiger partial charge in [-0.15, -0.1) is 0 Å². The van der Waals surface area contributed by atoms with Gasteiger partial charge >= 0.3 is 6.03 Å². The molecule has 3 aromatic carbocycles. The predicted molar refractivity (Wildman–Crippen MR) is 127 cm³/mol. The molecule has 0 spiro atoms. The van der Waals surface area contributed by atoms with Crippen LogP contribution in [0.1, 0.15) is 22.3 Å². The van der Waals surface area contributed by atoms with Crippen molar-refractivity contribution < 1.29 is 23.5 Å². The fraction of sp³-hybridized carbons (Fsp3) is 0.115. The van der Waals surface area contributed by atoms with Gasteiger partial charge in [0.2, 0.25) is 0 Å². The van der Waals surface area contributed by atoms with Gasteiger partial charge in [-0.3, -0.25) is 14.9 Å². The molecule has 0 radical (unpaired) electrons. The fourth-order valence-electron chi connectivity index (χ4n) is 3.56. The molecule has 0 aliphatic carbocycles. The van der Waals surface area contributed by atoms with E-state index in [0.717, 1.165) is 21.6 Å². The van der Waals surface area contributed by atoms with Gasteiger partial charge in [0.15, 0.2) is 0 Å². The largest absolute Gasteiger partial charge is 0.487 e. The van der Waals surface area contributed by atoms with Crippen molar-refractivity contribution in [3.63, 3.8) is 0 Å². The van der Waals surface area contributed by atoms with Crippen LogP contribution in [0.2, 0.25) is 5.02 Å². The van der Waals surface area contributed by atoms with Crippen LogP contribution in [0.5, 0.6) is 5.75 Å². The lowest BCUT2D eigenvalue weighted by Crippen LogP contribution is -2.54. The highest BCUT2D eigenvalue weighted by molar-refractivity contribution is 6.39. The Hall–Kier alpha value is -3.97. The number of aryl methyl sites for hydroxylation is 2. The third kappa shape index (κ3) is 4.84. The molecule has 4 amide bonds. The second-order valence-electron chi connectivity index (χ2n) is 7.85. The molecule has 0 atom stereocenters. The Morgan fingerprint density at radius 3 is 2.41 bits per heavy atom. The average Bonchev–Trinajstić information content (AvgIpc) is 2.78. The van der Waals surface area contributed by atoms with E-state index in [2.05, 4.69) is 5.32 Å². The summed E-state index contributed by atoms with van der Waals surface area (Å²) in [6.07, 6.45) is 1.37. The maximum Gasteiger partial charge on any atom is 0.335 e. The molecule has 4 rings (SSSR count). The Balaban J connectivity index is 1.57. The first-order valence-electron chi connectivity index (χ1n) is 10.4. The van der Waals surface area contributed by atoms with Gasteiger partial charge in [0.05, 0.1) is 10.7 Å². The fourth-order valence-corrected chi connectivity index (χ4v) is 3.81. The Morgan fingerprint density at radius 1 is 1.00 bits per heavy atom. The van der Waals surface area contributed by atoms with Gasteiger partial charge in [-0.25, -0.2) is 14.1 Å². The summed E-state index contributed by atoms with van der Waals surface area (Å²) >= 11 is 6.33. The van der Waals surface area contributed by atoms with E-state index in [1.165, 1.54) is 18.2 Å². The zero-order chi connectivity index (χ0) is 24.4. The van der Waals surface area contributed by atoms with E-state index in [9.17, 15) is 18.8 Å². The van der Waals surface area contributed by atoms with Crippen LogP contribution >= 0.6 is 11.6 Å². The first-order chi connectivity index (χ1) is 16.2. The summed E-state index contributed by atoms with van der Waals surface area (Å²) in [6.45, 7) is 3.88. The SMILES string of the molecule is Cc1ccc(N2C(=O)NC(=O)/C(=C\c3ccc(OCc4ccc(F)cc4)c(Cl)c3)C2=O)c(C)c1. The molecule has 1 N–H and O–H groups in total. The Labute approximate surface area is 200 Å². The highest BCUT2D eigenvalue weighted by Crippen LogP contribution is 2.29. The number of anilines is 1. The monoisotopic (exact) mass is 478 g/mol. The van der Waals surface area contributed by atoms with Gasteiger partial charge in [-0.2, -0.15) is 0 Å². The maximum atomic E-state index is 13.1. The number of benzene rings is 3. The number of nitrogens with one attached hydrogen (secondary N) is 1. The molecule has 1 heterocycles. The van der Waals surface area contributed by atoms with Crippen LogP contribution in [0.3, 0.4) is 0 Å². The number of hydrogen-bond donors (Lipinski definition) is 1. The number of rotatable bonds is 5. The summed E-state index contributed by atoms with van der Waals surface area (Å²) in [4.78, 5) is 38.9. The zero-order valence-electron chi connectivity index (χ0n) is 18.4. The molecule has 0 bridgehead atoms. The molecule has 8 heteroatoms. The number of amides is 4. The van der Waals surface area contributed by atoms with E-state index in [1.807, 2.05) is 13.0 Å². The molecule has 0 unspecified atom stereocenters. The van der Waals surface area contributed by atoms with Crippen molar-refractivity contribution in [1.82, 2.24) is 5.32 Å². The van der Waals surface area contributed by atoms with Crippen LogP contribution < -0.4 is 15.0 Å². The normalized spacial score (nSPS) is 15.0. The minimum atomic E-state index is -0.804. The molecule has 1 fully saturated rings. The molecule has 1 saturated heterocycles.